The predicted molar refractivity (Wildman–Crippen MR) is 89.8 cm³/mol. The summed E-state index contributed by atoms with van der Waals surface area (Å²) >= 11 is 0. The SMILES string of the molecule is COc1cc(/C=N\OCC(=O)N2C[C@@H](C)O[C@@H](C)C2)ccc1OC(F)F. The van der Waals surface area contributed by atoms with E-state index >= 15 is 0 Å². The Labute approximate surface area is 150 Å². The number of oxime groups is 1. The maximum absolute atomic E-state index is 12.3. The largest absolute Gasteiger partial charge is 0.493 e. The maximum atomic E-state index is 12.3. The molecule has 7 nitrogen and oxygen atoms in total. The van der Waals surface area contributed by atoms with Crippen molar-refractivity contribution in [1.82, 2.24) is 4.90 Å². The van der Waals surface area contributed by atoms with E-state index in [1.165, 1.54) is 31.5 Å². The van der Waals surface area contributed by atoms with Gasteiger partial charge in [-0.05, 0) is 32.0 Å². The number of amides is 1. The second-order valence-electron chi connectivity index (χ2n) is 5.85. The molecule has 0 saturated carbocycles. The number of benzene rings is 1. The van der Waals surface area contributed by atoms with Crippen LogP contribution in [0.5, 0.6) is 11.5 Å². The van der Waals surface area contributed by atoms with Gasteiger partial charge < -0.3 is 23.9 Å². The molecule has 2 rings (SSSR count). The summed E-state index contributed by atoms with van der Waals surface area (Å²) in [5, 5.41) is 3.73. The normalized spacial score (nSPS) is 20.5. The molecule has 0 unspecified atom stereocenters. The molecular weight excluding hydrogens is 350 g/mol. The standard InChI is InChI=1S/C17H22F2N2O5/c1-11-8-21(9-12(2)25-11)16(22)10-24-20-7-13-4-5-14(26-17(18)19)15(6-13)23-3/h4-7,11-12,17H,8-10H2,1-3H3/b20-7-/t11-,12+. The lowest BCUT2D eigenvalue weighted by Gasteiger charge is -2.34. The van der Waals surface area contributed by atoms with Crippen LogP contribution in [0.4, 0.5) is 8.78 Å². The van der Waals surface area contributed by atoms with E-state index in [0.29, 0.717) is 18.7 Å². The van der Waals surface area contributed by atoms with Crippen molar-refractivity contribution in [3.05, 3.63) is 23.8 Å². The van der Waals surface area contributed by atoms with Crippen LogP contribution in [0.15, 0.2) is 23.4 Å². The van der Waals surface area contributed by atoms with Crippen LogP contribution in [0, 0.1) is 0 Å². The van der Waals surface area contributed by atoms with Gasteiger partial charge in [0.1, 0.15) is 0 Å². The van der Waals surface area contributed by atoms with Gasteiger partial charge in [-0.3, -0.25) is 4.79 Å². The second-order valence-corrected chi connectivity index (χ2v) is 5.85. The van der Waals surface area contributed by atoms with Crippen LogP contribution in [0.2, 0.25) is 0 Å². The summed E-state index contributed by atoms with van der Waals surface area (Å²) in [6.07, 6.45) is 1.31. The lowest BCUT2D eigenvalue weighted by Crippen LogP contribution is -2.49. The zero-order chi connectivity index (χ0) is 19.1. The van der Waals surface area contributed by atoms with Crippen LogP contribution in [-0.2, 0) is 14.4 Å². The smallest absolute Gasteiger partial charge is 0.387 e. The monoisotopic (exact) mass is 372 g/mol. The van der Waals surface area contributed by atoms with E-state index in [9.17, 15) is 13.6 Å². The second kappa shape index (κ2) is 9.33. The molecule has 9 heteroatoms. The Balaban J connectivity index is 1.87. The minimum Gasteiger partial charge on any atom is -0.493 e. The number of methoxy groups -OCH3 is 1. The van der Waals surface area contributed by atoms with Crippen molar-refractivity contribution >= 4 is 12.1 Å². The van der Waals surface area contributed by atoms with E-state index < -0.39 is 6.61 Å². The molecule has 1 amide bonds. The number of carbonyl (C=O) groups is 1. The first-order valence-corrected chi connectivity index (χ1v) is 8.10. The van der Waals surface area contributed by atoms with Crippen LogP contribution in [-0.4, -0.2) is 62.6 Å². The van der Waals surface area contributed by atoms with Gasteiger partial charge in [-0.1, -0.05) is 5.16 Å². The number of nitrogens with zero attached hydrogens (tertiary/aromatic N) is 2. The number of hydrogen-bond donors (Lipinski definition) is 0. The van der Waals surface area contributed by atoms with E-state index in [0.717, 1.165) is 0 Å². The van der Waals surface area contributed by atoms with Crippen LogP contribution in [0.1, 0.15) is 19.4 Å². The minimum absolute atomic E-state index is 0.0207. The first-order valence-electron chi connectivity index (χ1n) is 8.10. The minimum atomic E-state index is -2.94. The lowest BCUT2D eigenvalue weighted by atomic mass is 10.2. The molecule has 26 heavy (non-hydrogen) atoms. The van der Waals surface area contributed by atoms with Gasteiger partial charge >= 0.3 is 6.61 Å². The molecule has 0 aliphatic carbocycles. The van der Waals surface area contributed by atoms with Gasteiger partial charge in [0, 0.05) is 18.7 Å². The van der Waals surface area contributed by atoms with Crippen molar-refractivity contribution in [2.75, 3.05) is 26.8 Å². The third kappa shape index (κ3) is 5.83. The fraction of sp³-hybridized carbons (Fsp3) is 0.529. The van der Waals surface area contributed by atoms with Gasteiger partial charge in [0.25, 0.3) is 5.91 Å². The molecule has 1 aromatic rings. The van der Waals surface area contributed by atoms with E-state index in [4.69, 9.17) is 14.3 Å². The van der Waals surface area contributed by atoms with Crippen LogP contribution < -0.4 is 9.47 Å². The Morgan fingerprint density at radius 1 is 1.35 bits per heavy atom. The van der Waals surface area contributed by atoms with E-state index in [2.05, 4.69) is 9.89 Å². The highest BCUT2D eigenvalue weighted by Crippen LogP contribution is 2.28. The third-order valence-electron chi connectivity index (χ3n) is 3.64. The van der Waals surface area contributed by atoms with Crippen molar-refractivity contribution in [1.29, 1.82) is 0 Å². The molecule has 0 N–H and O–H groups in total. The molecule has 0 spiro atoms. The van der Waals surface area contributed by atoms with Crippen molar-refractivity contribution in [3.8, 4) is 11.5 Å². The summed E-state index contributed by atoms with van der Waals surface area (Å²) in [5.41, 5.74) is 0.546. The number of alkyl halides is 2. The topological polar surface area (TPSA) is 69.6 Å². The fourth-order valence-corrected chi connectivity index (χ4v) is 2.62. The van der Waals surface area contributed by atoms with Gasteiger partial charge in [0.05, 0.1) is 25.5 Å². The number of halogens is 2. The fourth-order valence-electron chi connectivity index (χ4n) is 2.62. The van der Waals surface area contributed by atoms with Crippen LogP contribution in [0.3, 0.4) is 0 Å². The zero-order valence-electron chi connectivity index (χ0n) is 14.9. The zero-order valence-corrected chi connectivity index (χ0v) is 14.9. The Kier molecular flexibility index (Phi) is 7.14. The van der Waals surface area contributed by atoms with Gasteiger partial charge in [0.2, 0.25) is 0 Å². The molecule has 144 valence electrons. The van der Waals surface area contributed by atoms with E-state index in [1.807, 2.05) is 13.8 Å². The highest BCUT2D eigenvalue weighted by molar-refractivity contribution is 5.81. The molecule has 1 aromatic carbocycles. The lowest BCUT2D eigenvalue weighted by molar-refractivity contribution is -0.147. The molecule has 2 atom stereocenters. The van der Waals surface area contributed by atoms with Crippen LogP contribution >= 0.6 is 0 Å². The van der Waals surface area contributed by atoms with Crippen molar-refractivity contribution in [3.63, 3.8) is 0 Å². The maximum Gasteiger partial charge on any atom is 0.387 e. The Morgan fingerprint density at radius 3 is 2.65 bits per heavy atom. The highest BCUT2D eigenvalue weighted by Gasteiger charge is 2.25. The average Bonchev–Trinajstić information content (AvgIpc) is 2.58. The summed E-state index contributed by atoms with van der Waals surface area (Å²) in [5.74, 6) is -0.115. The Bertz CT molecular complexity index is 632. The summed E-state index contributed by atoms with van der Waals surface area (Å²) in [4.78, 5) is 18.8. The van der Waals surface area contributed by atoms with Crippen molar-refractivity contribution in [2.24, 2.45) is 5.16 Å². The molecular formula is C17H22F2N2O5. The van der Waals surface area contributed by atoms with Gasteiger partial charge in [-0.2, -0.15) is 8.78 Å². The van der Waals surface area contributed by atoms with Gasteiger partial charge in [-0.15, -0.1) is 0 Å². The summed E-state index contributed by atoms with van der Waals surface area (Å²) < 4.78 is 39.5. The molecule has 1 fully saturated rings. The molecule has 0 aromatic heterocycles. The first-order chi connectivity index (χ1) is 12.4. The molecule has 1 heterocycles. The number of ether oxygens (including phenoxy) is 3. The summed E-state index contributed by atoms with van der Waals surface area (Å²) in [6, 6.07) is 4.33. The number of hydrogen-bond acceptors (Lipinski definition) is 6. The summed E-state index contributed by atoms with van der Waals surface area (Å²) in [6.45, 7) is 1.70. The summed E-state index contributed by atoms with van der Waals surface area (Å²) in [7, 11) is 1.34. The molecule has 1 saturated heterocycles. The number of rotatable bonds is 7. The average molecular weight is 372 g/mol. The molecule has 0 radical (unpaired) electrons. The van der Waals surface area contributed by atoms with Gasteiger partial charge in [0.15, 0.2) is 18.1 Å². The quantitative estimate of drug-likeness (QED) is 0.543. The number of carbonyl (C=O) groups excluding carboxylic acids is 1. The molecule has 1 aliphatic rings. The van der Waals surface area contributed by atoms with Crippen molar-refractivity contribution < 1.29 is 32.6 Å². The predicted octanol–water partition coefficient (Wildman–Crippen LogP) is 2.28. The van der Waals surface area contributed by atoms with E-state index in [-0.39, 0.29) is 36.2 Å². The van der Waals surface area contributed by atoms with E-state index in [1.54, 1.807) is 4.90 Å². The number of morpholine rings is 1. The third-order valence-corrected chi connectivity index (χ3v) is 3.64. The van der Waals surface area contributed by atoms with Gasteiger partial charge in [-0.25, -0.2) is 0 Å². The molecule has 0 bridgehead atoms. The van der Waals surface area contributed by atoms with Crippen LogP contribution in [0.25, 0.3) is 0 Å². The Hall–Kier alpha value is -2.42. The molecule has 1 aliphatic heterocycles. The Morgan fingerprint density at radius 2 is 2.04 bits per heavy atom. The first kappa shape index (κ1) is 19.9. The highest BCUT2D eigenvalue weighted by atomic mass is 19.3. The van der Waals surface area contributed by atoms with Crippen molar-refractivity contribution in [2.45, 2.75) is 32.7 Å².